The van der Waals surface area contributed by atoms with Gasteiger partial charge in [-0.1, -0.05) is 42.5 Å². The number of methoxy groups -OCH3 is 1. The number of Topliss-reactive ketones (excluding diaryl/α,β-unsaturated/α-hetero) is 2. The molecule has 3 heteroatoms. The lowest BCUT2D eigenvalue weighted by Crippen LogP contribution is -2.14. The van der Waals surface area contributed by atoms with Crippen LogP contribution in [0.25, 0.3) is 0 Å². The summed E-state index contributed by atoms with van der Waals surface area (Å²) in [6, 6.07) is 16.3. The normalized spacial score (nSPS) is 11.7. The molecule has 0 unspecified atom stereocenters. The molecule has 0 amide bonds. The molecule has 2 aromatic rings. The van der Waals surface area contributed by atoms with E-state index in [-0.39, 0.29) is 18.0 Å². The standard InChI is InChI=1S/C18H18O3/c1-13(19)17(14-8-10-16(21-2)11-9-14)12-18(20)15-6-4-3-5-7-15/h3-11,17H,12H2,1-2H3/t17-/m0/s1. The zero-order valence-corrected chi connectivity index (χ0v) is 12.2. The summed E-state index contributed by atoms with van der Waals surface area (Å²) in [5.41, 5.74) is 1.48. The molecule has 2 rings (SSSR count). The van der Waals surface area contributed by atoms with Crippen LogP contribution >= 0.6 is 0 Å². The summed E-state index contributed by atoms with van der Waals surface area (Å²) in [5.74, 6) is 0.287. The minimum atomic E-state index is -0.413. The third-order valence-electron chi connectivity index (χ3n) is 3.49. The number of carbonyl (C=O) groups is 2. The first-order chi connectivity index (χ1) is 10.1. The van der Waals surface area contributed by atoms with Crippen LogP contribution < -0.4 is 4.74 Å². The smallest absolute Gasteiger partial charge is 0.163 e. The first kappa shape index (κ1) is 15.0. The number of benzene rings is 2. The number of ether oxygens (including phenoxy) is 1. The predicted molar refractivity (Wildman–Crippen MR) is 81.8 cm³/mol. The SMILES string of the molecule is COc1ccc([C@@H](CC(=O)c2ccccc2)C(C)=O)cc1. The maximum Gasteiger partial charge on any atom is 0.163 e. The lowest BCUT2D eigenvalue weighted by molar-refractivity contribution is -0.118. The minimum absolute atomic E-state index is 0.00977. The third kappa shape index (κ3) is 3.78. The van der Waals surface area contributed by atoms with Crippen LogP contribution in [0.2, 0.25) is 0 Å². The molecule has 2 aromatic carbocycles. The van der Waals surface area contributed by atoms with Gasteiger partial charge in [0, 0.05) is 17.9 Å². The van der Waals surface area contributed by atoms with Crippen molar-refractivity contribution in [1.82, 2.24) is 0 Å². The second kappa shape index (κ2) is 6.84. The van der Waals surface area contributed by atoms with Crippen LogP contribution in [0.5, 0.6) is 5.75 Å². The summed E-state index contributed by atoms with van der Waals surface area (Å²) < 4.78 is 5.11. The predicted octanol–water partition coefficient (Wildman–Crippen LogP) is 3.64. The Balaban J connectivity index is 2.19. The van der Waals surface area contributed by atoms with Gasteiger partial charge < -0.3 is 4.74 Å². The van der Waals surface area contributed by atoms with Gasteiger partial charge in [-0.2, -0.15) is 0 Å². The van der Waals surface area contributed by atoms with Crippen molar-refractivity contribution in [2.45, 2.75) is 19.3 Å². The fourth-order valence-corrected chi connectivity index (χ4v) is 2.26. The molecule has 3 nitrogen and oxygen atoms in total. The van der Waals surface area contributed by atoms with Gasteiger partial charge in [0.15, 0.2) is 5.78 Å². The summed E-state index contributed by atoms with van der Waals surface area (Å²) in [4.78, 5) is 24.2. The van der Waals surface area contributed by atoms with Gasteiger partial charge in [-0.3, -0.25) is 9.59 Å². The Morgan fingerprint density at radius 1 is 1.00 bits per heavy atom. The van der Waals surface area contributed by atoms with Crippen molar-refractivity contribution in [3.05, 3.63) is 65.7 Å². The van der Waals surface area contributed by atoms with E-state index in [0.29, 0.717) is 5.56 Å². The Kier molecular flexibility index (Phi) is 4.88. The molecule has 0 aliphatic carbocycles. The van der Waals surface area contributed by atoms with Crippen molar-refractivity contribution in [3.8, 4) is 5.75 Å². The molecular formula is C18H18O3. The molecule has 108 valence electrons. The molecule has 0 fully saturated rings. The van der Waals surface area contributed by atoms with Crippen molar-refractivity contribution in [2.75, 3.05) is 7.11 Å². The Morgan fingerprint density at radius 2 is 1.62 bits per heavy atom. The highest BCUT2D eigenvalue weighted by molar-refractivity contribution is 6.00. The molecule has 0 heterocycles. The Morgan fingerprint density at radius 3 is 2.14 bits per heavy atom. The van der Waals surface area contributed by atoms with Gasteiger partial charge in [0.25, 0.3) is 0 Å². The van der Waals surface area contributed by atoms with Gasteiger partial charge in [0.05, 0.1) is 7.11 Å². The topological polar surface area (TPSA) is 43.4 Å². The van der Waals surface area contributed by atoms with Gasteiger partial charge >= 0.3 is 0 Å². The Bertz CT molecular complexity index is 615. The second-order valence-electron chi connectivity index (χ2n) is 4.93. The number of carbonyl (C=O) groups excluding carboxylic acids is 2. The van der Waals surface area contributed by atoms with Gasteiger partial charge in [-0.05, 0) is 24.6 Å². The van der Waals surface area contributed by atoms with Crippen molar-refractivity contribution in [3.63, 3.8) is 0 Å². The molecule has 1 atom stereocenters. The maximum atomic E-state index is 12.3. The highest BCUT2D eigenvalue weighted by Gasteiger charge is 2.21. The summed E-state index contributed by atoms with van der Waals surface area (Å²) in [7, 11) is 1.59. The number of hydrogen-bond acceptors (Lipinski definition) is 3. The van der Waals surface area contributed by atoms with Crippen molar-refractivity contribution in [2.24, 2.45) is 0 Å². The van der Waals surface area contributed by atoms with E-state index >= 15 is 0 Å². The average molecular weight is 282 g/mol. The molecule has 0 aliphatic heterocycles. The molecule has 0 aromatic heterocycles. The maximum absolute atomic E-state index is 12.3. The van der Waals surface area contributed by atoms with Crippen LogP contribution in [0.15, 0.2) is 54.6 Å². The van der Waals surface area contributed by atoms with Gasteiger partial charge in [-0.15, -0.1) is 0 Å². The first-order valence-electron chi connectivity index (χ1n) is 6.84. The summed E-state index contributed by atoms with van der Waals surface area (Å²) >= 11 is 0. The largest absolute Gasteiger partial charge is 0.497 e. The highest BCUT2D eigenvalue weighted by Crippen LogP contribution is 2.25. The van der Waals surface area contributed by atoms with Crippen LogP contribution in [-0.2, 0) is 4.79 Å². The molecule has 21 heavy (non-hydrogen) atoms. The molecule has 0 radical (unpaired) electrons. The van der Waals surface area contributed by atoms with Gasteiger partial charge in [0.2, 0.25) is 0 Å². The minimum Gasteiger partial charge on any atom is -0.497 e. The summed E-state index contributed by atoms with van der Waals surface area (Å²) in [5, 5.41) is 0. The molecule has 0 N–H and O–H groups in total. The molecule has 0 saturated heterocycles. The average Bonchev–Trinajstić information content (AvgIpc) is 2.53. The zero-order valence-electron chi connectivity index (χ0n) is 12.2. The number of rotatable bonds is 6. The van der Waals surface area contributed by atoms with Crippen molar-refractivity contribution in [1.29, 1.82) is 0 Å². The van der Waals surface area contributed by atoms with E-state index in [2.05, 4.69) is 0 Å². The van der Waals surface area contributed by atoms with Crippen LogP contribution in [0.3, 0.4) is 0 Å². The van der Waals surface area contributed by atoms with Crippen LogP contribution in [0.1, 0.15) is 35.2 Å². The van der Waals surface area contributed by atoms with Crippen LogP contribution in [0, 0.1) is 0 Å². The molecule has 0 bridgehead atoms. The third-order valence-corrected chi connectivity index (χ3v) is 3.49. The highest BCUT2D eigenvalue weighted by atomic mass is 16.5. The van der Waals surface area contributed by atoms with Crippen LogP contribution in [0.4, 0.5) is 0 Å². The molecule has 0 saturated carbocycles. The number of ketones is 2. The fraction of sp³-hybridized carbons (Fsp3) is 0.222. The van der Waals surface area contributed by atoms with E-state index in [1.54, 1.807) is 31.4 Å². The van der Waals surface area contributed by atoms with E-state index < -0.39 is 5.92 Å². The first-order valence-corrected chi connectivity index (χ1v) is 6.84. The molecule has 0 aliphatic rings. The molecule has 0 spiro atoms. The summed E-state index contributed by atoms with van der Waals surface area (Å²) in [6.07, 6.45) is 0.186. The Labute approximate surface area is 124 Å². The second-order valence-corrected chi connectivity index (χ2v) is 4.93. The molecular weight excluding hydrogens is 264 g/mol. The summed E-state index contributed by atoms with van der Waals surface area (Å²) in [6.45, 7) is 1.52. The van der Waals surface area contributed by atoms with Crippen molar-refractivity contribution < 1.29 is 14.3 Å². The van der Waals surface area contributed by atoms with Crippen molar-refractivity contribution >= 4 is 11.6 Å². The lowest BCUT2D eigenvalue weighted by atomic mass is 9.89. The van der Waals surface area contributed by atoms with Gasteiger partial charge in [0.1, 0.15) is 11.5 Å². The monoisotopic (exact) mass is 282 g/mol. The quantitative estimate of drug-likeness (QED) is 0.760. The van der Waals surface area contributed by atoms with E-state index in [1.807, 2.05) is 30.3 Å². The van der Waals surface area contributed by atoms with E-state index in [1.165, 1.54) is 6.92 Å². The fourth-order valence-electron chi connectivity index (χ4n) is 2.26. The van der Waals surface area contributed by atoms with E-state index in [0.717, 1.165) is 11.3 Å². The lowest BCUT2D eigenvalue weighted by Gasteiger charge is -2.14. The number of hydrogen-bond donors (Lipinski definition) is 0. The van der Waals surface area contributed by atoms with E-state index in [9.17, 15) is 9.59 Å². The van der Waals surface area contributed by atoms with E-state index in [4.69, 9.17) is 4.74 Å². The van der Waals surface area contributed by atoms with Crippen LogP contribution in [-0.4, -0.2) is 18.7 Å². The van der Waals surface area contributed by atoms with Gasteiger partial charge in [-0.25, -0.2) is 0 Å². The Hall–Kier alpha value is -2.42. The zero-order chi connectivity index (χ0) is 15.2.